The Morgan fingerprint density at radius 1 is 1.03 bits per heavy atom. The first-order chi connectivity index (χ1) is 16.8. The summed E-state index contributed by atoms with van der Waals surface area (Å²) in [6.07, 6.45) is 7.18. The predicted octanol–water partition coefficient (Wildman–Crippen LogP) is 3.76. The van der Waals surface area contributed by atoms with Crippen LogP contribution in [0.15, 0.2) is 49.1 Å². The van der Waals surface area contributed by atoms with Gasteiger partial charge in [-0.05, 0) is 45.9 Å². The zero-order valence-corrected chi connectivity index (χ0v) is 20.5. The van der Waals surface area contributed by atoms with E-state index in [9.17, 15) is 4.79 Å². The van der Waals surface area contributed by atoms with Crippen molar-refractivity contribution in [3.05, 3.63) is 49.1 Å². The van der Waals surface area contributed by atoms with Crippen LogP contribution >= 0.6 is 0 Å². The number of hydrogen-bond donors (Lipinski definition) is 0. The molecule has 10 nitrogen and oxygen atoms in total. The minimum atomic E-state index is -0.498. The van der Waals surface area contributed by atoms with Crippen molar-refractivity contribution in [2.45, 2.75) is 39.8 Å². The number of piperazine rings is 1. The Bertz CT molecular complexity index is 1350. The molecule has 0 N–H and O–H groups in total. The van der Waals surface area contributed by atoms with Crippen molar-refractivity contribution in [3.8, 4) is 17.1 Å². The molecule has 10 heteroatoms. The first kappa shape index (κ1) is 22.8. The average molecular weight is 475 g/mol. The van der Waals surface area contributed by atoms with Crippen LogP contribution in [-0.2, 0) is 11.3 Å². The molecule has 1 aliphatic rings. The third-order valence-electron chi connectivity index (χ3n) is 5.90. The lowest BCUT2D eigenvalue weighted by atomic mass is 10.2. The molecule has 182 valence electrons. The molecule has 5 rings (SSSR count). The third kappa shape index (κ3) is 4.82. The van der Waals surface area contributed by atoms with E-state index in [2.05, 4.69) is 27.0 Å². The standard InChI is InChI=1S/C25H30N8O2/c1-5-32-17-19(16-27-32)20-13-21-18(14-26-20)15-28-33(21)23-8-6-7-22(29-23)30-9-11-31(12-10-30)24(34)35-25(2,3)4/h6-8,13-17H,5,9-12H2,1-4H3. The fourth-order valence-corrected chi connectivity index (χ4v) is 4.08. The van der Waals surface area contributed by atoms with Crippen molar-refractivity contribution in [2.75, 3.05) is 31.1 Å². The topological polar surface area (TPSA) is 94.2 Å². The number of carbonyl (C=O) groups is 1. The molecule has 0 aliphatic carbocycles. The summed E-state index contributed by atoms with van der Waals surface area (Å²) in [4.78, 5) is 25.8. The van der Waals surface area contributed by atoms with Crippen LogP contribution in [0, 0.1) is 0 Å². The quantitative estimate of drug-likeness (QED) is 0.445. The van der Waals surface area contributed by atoms with Crippen LogP contribution in [0.2, 0.25) is 0 Å². The van der Waals surface area contributed by atoms with Crippen molar-refractivity contribution in [1.82, 2.24) is 34.4 Å². The molecule has 1 aliphatic heterocycles. The van der Waals surface area contributed by atoms with E-state index in [4.69, 9.17) is 9.72 Å². The van der Waals surface area contributed by atoms with Crippen LogP contribution in [0.4, 0.5) is 10.6 Å². The summed E-state index contributed by atoms with van der Waals surface area (Å²) in [5.74, 6) is 1.59. The van der Waals surface area contributed by atoms with E-state index in [1.54, 1.807) is 11.1 Å². The van der Waals surface area contributed by atoms with Crippen molar-refractivity contribution in [2.24, 2.45) is 0 Å². The van der Waals surface area contributed by atoms with Gasteiger partial charge in [-0.3, -0.25) is 9.67 Å². The van der Waals surface area contributed by atoms with E-state index in [1.165, 1.54) is 0 Å². The first-order valence-corrected chi connectivity index (χ1v) is 11.9. The van der Waals surface area contributed by atoms with Gasteiger partial charge in [0.2, 0.25) is 0 Å². The second-order valence-electron chi connectivity index (χ2n) is 9.58. The van der Waals surface area contributed by atoms with Gasteiger partial charge >= 0.3 is 6.09 Å². The lowest BCUT2D eigenvalue weighted by molar-refractivity contribution is 0.0240. The maximum absolute atomic E-state index is 12.4. The molecule has 1 amide bonds. The maximum atomic E-state index is 12.4. The molecular weight excluding hydrogens is 444 g/mol. The molecule has 4 aromatic heterocycles. The summed E-state index contributed by atoms with van der Waals surface area (Å²) in [7, 11) is 0. The molecule has 0 spiro atoms. The summed E-state index contributed by atoms with van der Waals surface area (Å²) in [5, 5.41) is 9.88. The van der Waals surface area contributed by atoms with Crippen LogP contribution in [0.1, 0.15) is 27.7 Å². The normalized spacial score (nSPS) is 14.5. The van der Waals surface area contributed by atoms with Gasteiger partial charge in [-0.15, -0.1) is 0 Å². The van der Waals surface area contributed by atoms with Crippen LogP contribution in [0.5, 0.6) is 0 Å². The first-order valence-electron chi connectivity index (χ1n) is 11.9. The van der Waals surface area contributed by atoms with E-state index in [1.807, 2.05) is 73.0 Å². The Morgan fingerprint density at radius 3 is 2.51 bits per heavy atom. The number of rotatable bonds is 4. The van der Waals surface area contributed by atoms with Crippen molar-refractivity contribution >= 4 is 22.8 Å². The zero-order valence-electron chi connectivity index (χ0n) is 20.5. The van der Waals surface area contributed by atoms with Gasteiger partial charge in [0.05, 0.1) is 23.6 Å². The van der Waals surface area contributed by atoms with Crippen LogP contribution in [-0.4, -0.2) is 72.3 Å². The van der Waals surface area contributed by atoms with Crippen molar-refractivity contribution in [3.63, 3.8) is 0 Å². The van der Waals surface area contributed by atoms with Crippen LogP contribution in [0.25, 0.3) is 28.0 Å². The number of nitrogens with zero attached hydrogens (tertiary/aromatic N) is 8. The highest BCUT2D eigenvalue weighted by Gasteiger charge is 2.26. The molecule has 4 aromatic rings. The number of fused-ring (bicyclic) bond motifs is 1. The fraction of sp³-hybridized carbons (Fsp3) is 0.400. The van der Waals surface area contributed by atoms with Gasteiger partial charge < -0.3 is 14.5 Å². The molecular formula is C25H30N8O2. The fourth-order valence-electron chi connectivity index (χ4n) is 4.08. The lowest BCUT2D eigenvalue weighted by Gasteiger charge is -2.36. The van der Waals surface area contributed by atoms with Gasteiger partial charge in [0.15, 0.2) is 5.82 Å². The van der Waals surface area contributed by atoms with Gasteiger partial charge in [-0.25, -0.2) is 14.5 Å². The molecule has 1 saturated heterocycles. The zero-order chi connectivity index (χ0) is 24.6. The highest BCUT2D eigenvalue weighted by atomic mass is 16.6. The van der Waals surface area contributed by atoms with Gasteiger partial charge in [0.1, 0.15) is 11.4 Å². The molecule has 0 atom stereocenters. The van der Waals surface area contributed by atoms with Crippen LogP contribution in [0.3, 0.4) is 0 Å². The molecule has 0 saturated carbocycles. The number of aryl methyl sites for hydroxylation is 1. The summed E-state index contributed by atoms with van der Waals surface area (Å²) < 4.78 is 9.23. The van der Waals surface area contributed by atoms with Gasteiger partial charge in [0, 0.05) is 56.1 Å². The molecule has 0 unspecified atom stereocenters. The maximum Gasteiger partial charge on any atom is 0.410 e. The van der Waals surface area contributed by atoms with Gasteiger partial charge in [-0.2, -0.15) is 10.2 Å². The van der Waals surface area contributed by atoms with Crippen molar-refractivity contribution < 1.29 is 9.53 Å². The molecule has 1 fully saturated rings. The number of anilines is 1. The molecule has 0 bridgehead atoms. The van der Waals surface area contributed by atoms with E-state index < -0.39 is 5.60 Å². The molecule has 35 heavy (non-hydrogen) atoms. The van der Waals surface area contributed by atoms with Crippen LogP contribution < -0.4 is 4.90 Å². The minimum Gasteiger partial charge on any atom is -0.444 e. The Hall–Kier alpha value is -3.95. The Balaban J connectivity index is 1.36. The molecule has 0 aromatic carbocycles. The third-order valence-corrected chi connectivity index (χ3v) is 5.90. The van der Waals surface area contributed by atoms with E-state index in [0.717, 1.165) is 40.3 Å². The Labute approximate surface area is 204 Å². The number of aromatic nitrogens is 6. The van der Waals surface area contributed by atoms with E-state index >= 15 is 0 Å². The summed E-state index contributed by atoms with van der Waals surface area (Å²) in [6, 6.07) is 7.94. The number of pyridine rings is 2. The number of ether oxygens (including phenoxy) is 1. The smallest absolute Gasteiger partial charge is 0.410 e. The lowest BCUT2D eigenvalue weighted by Crippen LogP contribution is -2.50. The number of carbonyl (C=O) groups excluding carboxylic acids is 1. The summed E-state index contributed by atoms with van der Waals surface area (Å²) in [6.45, 7) is 11.1. The second kappa shape index (κ2) is 9.01. The number of hydrogen-bond acceptors (Lipinski definition) is 7. The Kier molecular flexibility index (Phi) is 5.88. The van der Waals surface area contributed by atoms with E-state index in [0.29, 0.717) is 26.2 Å². The van der Waals surface area contributed by atoms with E-state index in [-0.39, 0.29) is 6.09 Å². The number of amides is 1. The highest BCUT2D eigenvalue weighted by molar-refractivity contribution is 5.83. The minimum absolute atomic E-state index is 0.268. The molecule has 0 radical (unpaired) electrons. The summed E-state index contributed by atoms with van der Waals surface area (Å²) in [5.41, 5.74) is 2.24. The Morgan fingerprint density at radius 2 is 1.80 bits per heavy atom. The summed E-state index contributed by atoms with van der Waals surface area (Å²) >= 11 is 0. The highest BCUT2D eigenvalue weighted by Crippen LogP contribution is 2.24. The average Bonchev–Trinajstić information content (AvgIpc) is 3.50. The predicted molar refractivity (Wildman–Crippen MR) is 134 cm³/mol. The van der Waals surface area contributed by atoms with Crippen molar-refractivity contribution in [1.29, 1.82) is 0 Å². The SMILES string of the molecule is CCn1cc(-c2cc3c(cn2)cnn3-c2cccc(N3CCN(C(=O)OC(C)(C)C)CC3)n2)cn1. The van der Waals surface area contributed by atoms with Gasteiger partial charge in [0.25, 0.3) is 0 Å². The second-order valence-corrected chi connectivity index (χ2v) is 9.58. The largest absolute Gasteiger partial charge is 0.444 e. The molecule has 5 heterocycles. The monoisotopic (exact) mass is 474 g/mol. The van der Waals surface area contributed by atoms with Gasteiger partial charge in [-0.1, -0.05) is 6.07 Å².